The highest BCUT2D eigenvalue weighted by atomic mass is 32.2. The number of carbonyl (C=O) groups excluding carboxylic acids is 1. The van der Waals surface area contributed by atoms with Gasteiger partial charge < -0.3 is 34.0 Å². The summed E-state index contributed by atoms with van der Waals surface area (Å²) in [5.74, 6) is 0.317. The molecule has 0 aromatic heterocycles. The van der Waals surface area contributed by atoms with Crippen molar-refractivity contribution in [1.29, 1.82) is 0 Å². The summed E-state index contributed by atoms with van der Waals surface area (Å²) in [5, 5.41) is 26.9. The van der Waals surface area contributed by atoms with Crippen molar-refractivity contribution in [3.05, 3.63) is 139 Å². The summed E-state index contributed by atoms with van der Waals surface area (Å²) < 4.78 is 27.2. The summed E-state index contributed by atoms with van der Waals surface area (Å²) in [6.45, 7) is 11.5. The van der Waals surface area contributed by atoms with Gasteiger partial charge in [-0.2, -0.15) is 0 Å². The molecule has 340 valence electrons. The molecule has 0 saturated heterocycles. The molecule has 1 amide bonds. The Morgan fingerprint density at radius 1 is 0.938 bits per heavy atom. The van der Waals surface area contributed by atoms with E-state index in [1.54, 1.807) is 28.8 Å². The lowest BCUT2D eigenvalue weighted by atomic mass is 9.55. The number of allylic oxidation sites excluding steroid dienone is 1. The average Bonchev–Trinajstić information content (AvgIpc) is 3.32. The highest BCUT2D eigenvalue weighted by Gasteiger charge is 2.65. The molecule has 4 aromatic carbocycles. The Morgan fingerprint density at radius 2 is 1.72 bits per heavy atom. The minimum absolute atomic E-state index is 0.0791. The van der Waals surface area contributed by atoms with Crippen LogP contribution in [0.2, 0.25) is 0 Å². The van der Waals surface area contributed by atoms with Gasteiger partial charge in [-0.05, 0) is 103 Å². The fourth-order valence-corrected chi connectivity index (χ4v) is 10.7. The van der Waals surface area contributed by atoms with Crippen LogP contribution in [0.15, 0.2) is 138 Å². The van der Waals surface area contributed by atoms with Crippen molar-refractivity contribution >= 4 is 34.3 Å². The number of thioether (sulfide) groups is 1. The fraction of sp³-hybridized carbons (Fsp3) is 0.434. The van der Waals surface area contributed by atoms with E-state index in [1.165, 1.54) is 4.90 Å². The number of hydrogen-bond donors (Lipinski definition) is 2. The van der Waals surface area contributed by atoms with Crippen LogP contribution in [0.4, 0.5) is 4.79 Å². The summed E-state index contributed by atoms with van der Waals surface area (Å²) >= 11 is 1.75. The summed E-state index contributed by atoms with van der Waals surface area (Å²) in [4.78, 5) is 23.8. The van der Waals surface area contributed by atoms with E-state index in [2.05, 4.69) is 61.7 Å². The number of benzene rings is 4. The van der Waals surface area contributed by atoms with Gasteiger partial charge in [0.15, 0.2) is 0 Å². The van der Waals surface area contributed by atoms with Gasteiger partial charge in [0.2, 0.25) is 5.79 Å². The van der Waals surface area contributed by atoms with E-state index in [0.717, 1.165) is 70.4 Å². The lowest BCUT2D eigenvalue weighted by Gasteiger charge is -2.60. The van der Waals surface area contributed by atoms with Gasteiger partial charge in [0.05, 0.1) is 38.0 Å². The SMILES string of the molecule is C=CCCOC(=O)N(Cc1cccc2ccccc12)C1CC(=NOCC)C2=CC(CCCCO)C(CCCCO)C3c4cc(OCCSc5ccccc5)ccc4OC1(OCC=C)C23. The Hall–Kier alpha value is -5.07. The number of ether oxygens (including phenoxy) is 4. The molecule has 1 aliphatic heterocycles. The molecule has 0 bridgehead atoms. The second-order valence-electron chi connectivity index (χ2n) is 16.7. The molecular formula is C53H64N2O8S. The van der Waals surface area contributed by atoms with Crippen molar-refractivity contribution in [3.8, 4) is 11.5 Å². The molecular weight excluding hydrogens is 825 g/mol. The first kappa shape index (κ1) is 46.9. The first-order valence-electron chi connectivity index (χ1n) is 23.0. The molecule has 6 atom stereocenters. The van der Waals surface area contributed by atoms with Crippen molar-refractivity contribution in [2.24, 2.45) is 22.9 Å². The van der Waals surface area contributed by atoms with E-state index in [9.17, 15) is 15.0 Å². The zero-order valence-electron chi connectivity index (χ0n) is 37.2. The largest absolute Gasteiger partial charge is 0.493 e. The number of hydrogen-bond acceptors (Lipinski definition) is 10. The van der Waals surface area contributed by atoms with E-state index in [1.807, 2.05) is 55.5 Å². The third kappa shape index (κ3) is 10.7. The maximum Gasteiger partial charge on any atom is 0.410 e. The van der Waals surface area contributed by atoms with E-state index in [4.69, 9.17) is 28.9 Å². The molecule has 2 N–H and O–H groups in total. The number of aliphatic hydroxyl groups excluding tert-OH is 2. The fourth-order valence-electron chi connectivity index (χ4n) is 9.94. The summed E-state index contributed by atoms with van der Waals surface area (Å²) in [6, 6.07) is 30.0. The number of oxime groups is 1. The van der Waals surface area contributed by atoms with Crippen LogP contribution in [0.25, 0.3) is 10.8 Å². The maximum atomic E-state index is 14.8. The Morgan fingerprint density at radius 3 is 2.50 bits per heavy atom. The second kappa shape index (κ2) is 23.2. The van der Waals surface area contributed by atoms with Crippen molar-refractivity contribution < 1.29 is 38.8 Å². The van der Waals surface area contributed by atoms with Crippen LogP contribution >= 0.6 is 11.8 Å². The summed E-state index contributed by atoms with van der Waals surface area (Å²) in [5.41, 5.74) is 3.68. The number of nitrogens with zero attached hydrogens (tertiary/aromatic N) is 2. The first-order valence-corrected chi connectivity index (χ1v) is 24.0. The summed E-state index contributed by atoms with van der Waals surface area (Å²) in [6.07, 6.45) is 10.8. The van der Waals surface area contributed by atoms with E-state index in [-0.39, 0.29) is 57.1 Å². The third-order valence-corrected chi connectivity index (χ3v) is 13.7. The lowest BCUT2D eigenvalue weighted by Crippen LogP contribution is -2.70. The van der Waals surface area contributed by atoms with Gasteiger partial charge in [-0.25, -0.2) is 4.79 Å². The zero-order valence-corrected chi connectivity index (χ0v) is 38.0. The quantitative estimate of drug-likeness (QED) is 0.0307. The van der Waals surface area contributed by atoms with Crippen molar-refractivity contribution in [2.45, 2.75) is 87.5 Å². The number of aliphatic hydroxyl groups is 2. The molecule has 0 spiro atoms. The molecule has 10 nitrogen and oxygen atoms in total. The zero-order chi connectivity index (χ0) is 44.7. The number of carbonyl (C=O) groups is 1. The molecule has 7 rings (SSSR count). The van der Waals surface area contributed by atoms with Crippen molar-refractivity contribution in [2.75, 3.05) is 45.4 Å². The van der Waals surface area contributed by atoms with Crippen LogP contribution in [-0.4, -0.2) is 84.1 Å². The normalized spacial score (nSPS) is 22.7. The number of rotatable bonds is 24. The topological polar surface area (TPSA) is 119 Å². The molecule has 6 unspecified atom stereocenters. The van der Waals surface area contributed by atoms with Gasteiger partial charge in [0.1, 0.15) is 24.1 Å². The monoisotopic (exact) mass is 888 g/mol. The molecule has 2 aliphatic carbocycles. The Labute approximate surface area is 383 Å². The average molecular weight is 889 g/mol. The van der Waals surface area contributed by atoms with E-state index < -0.39 is 23.8 Å². The summed E-state index contributed by atoms with van der Waals surface area (Å²) in [7, 11) is 0. The molecule has 64 heavy (non-hydrogen) atoms. The van der Waals surface area contributed by atoms with Crippen molar-refractivity contribution in [1.82, 2.24) is 4.90 Å². The third-order valence-electron chi connectivity index (χ3n) is 12.7. The number of unbranched alkanes of at least 4 members (excludes halogenated alkanes) is 2. The van der Waals surface area contributed by atoms with E-state index >= 15 is 0 Å². The molecule has 1 heterocycles. The Balaban J connectivity index is 1.40. The van der Waals surface area contributed by atoms with Crippen LogP contribution in [0.5, 0.6) is 11.5 Å². The molecule has 1 fully saturated rings. The standard InChI is InChI=1S/C53H64N2O8S/c1-4-7-31-60-52(58)55(37-40-21-17-20-38-18-11-12-24-43(38)40)49-36-47(54-62-6-3)45-34-39(19-13-15-28-56)44(25-14-16-29-57)50-46-35-41(59-32-33-64-42-22-9-8-10-23-42)26-27-48(46)63-53(49,51(45)50)61-30-5-2/h4-5,8-12,17-18,20-24,26-27,34-35,39,44,49-51,56-57H,1-2,6-7,13-16,19,25,28-33,36-37H2,3H3. The number of fused-ring (bicyclic) bond motifs is 3. The first-order chi connectivity index (χ1) is 31.5. The Kier molecular flexibility index (Phi) is 17.0. The minimum atomic E-state index is -1.43. The van der Waals surface area contributed by atoms with Gasteiger partial charge in [-0.1, -0.05) is 96.9 Å². The highest BCUT2D eigenvalue weighted by Crippen LogP contribution is 2.62. The highest BCUT2D eigenvalue weighted by molar-refractivity contribution is 7.99. The van der Waals surface area contributed by atoms with Crippen LogP contribution in [0.1, 0.15) is 75.3 Å². The number of amides is 1. The van der Waals surface area contributed by atoms with E-state index in [0.29, 0.717) is 38.2 Å². The van der Waals surface area contributed by atoms with Gasteiger partial charge in [-0.15, -0.1) is 24.9 Å². The molecule has 4 aromatic rings. The smallest absolute Gasteiger partial charge is 0.410 e. The van der Waals surface area contributed by atoms with Crippen LogP contribution in [-0.2, 0) is 20.9 Å². The van der Waals surface area contributed by atoms with Gasteiger partial charge in [-0.3, -0.25) is 4.90 Å². The Bertz CT molecular complexity index is 2230. The second-order valence-corrected chi connectivity index (χ2v) is 17.8. The molecule has 1 saturated carbocycles. The van der Waals surface area contributed by atoms with Crippen LogP contribution in [0.3, 0.4) is 0 Å². The van der Waals surface area contributed by atoms with Crippen LogP contribution in [0, 0.1) is 17.8 Å². The maximum absolute atomic E-state index is 14.8. The van der Waals surface area contributed by atoms with Crippen LogP contribution < -0.4 is 9.47 Å². The predicted octanol–water partition coefficient (Wildman–Crippen LogP) is 10.9. The van der Waals surface area contributed by atoms with Gasteiger partial charge in [0, 0.05) is 41.8 Å². The van der Waals surface area contributed by atoms with Gasteiger partial charge in [0.25, 0.3) is 0 Å². The molecule has 0 radical (unpaired) electrons. The van der Waals surface area contributed by atoms with Crippen molar-refractivity contribution in [3.63, 3.8) is 0 Å². The molecule has 11 heteroatoms. The predicted molar refractivity (Wildman–Crippen MR) is 255 cm³/mol. The van der Waals surface area contributed by atoms with Gasteiger partial charge >= 0.3 is 6.09 Å². The minimum Gasteiger partial charge on any atom is -0.493 e. The molecule has 3 aliphatic rings. The lowest BCUT2D eigenvalue weighted by molar-refractivity contribution is -0.256.